The lowest BCUT2D eigenvalue weighted by atomic mass is 10.3. The Hall–Kier alpha value is -0.500. The number of rotatable bonds is 4. The predicted molar refractivity (Wildman–Crippen MR) is 53.2 cm³/mol. The molecule has 18 heavy (non-hydrogen) atoms. The minimum absolute atomic E-state index is 0.0218. The average Bonchev–Trinajstić information content (AvgIpc) is 2.54. The standard InChI is InChI=1S/C7H7NO8P2/c1-3-4-8(7-14-18(10,15-7)16-7)6-5(2)11-17(9,12-6)13-6/h3H,1-2,4H2. The molecule has 0 N–H and O–H groups in total. The van der Waals surface area contributed by atoms with Gasteiger partial charge in [0.25, 0.3) is 0 Å². The molecule has 98 valence electrons. The molecule has 6 heterocycles. The van der Waals surface area contributed by atoms with Gasteiger partial charge in [-0.25, -0.2) is 31.7 Å². The maximum atomic E-state index is 11.6. The Morgan fingerprint density at radius 3 is 2.17 bits per heavy atom. The summed E-state index contributed by atoms with van der Waals surface area (Å²) in [4.78, 5) is 1.23. The van der Waals surface area contributed by atoms with Crippen molar-refractivity contribution in [3.63, 3.8) is 0 Å². The fourth-order valence-corrected chi connectivity index (χ4v) is 4.69. The second-order valence-electron chi connectivity index (χ2n) is 3.87. The van der Waals surface area contributed by atoms with E-state index >= 15 is 0 Å². The zero-order valence-electron chi connectivity index (χ0n) is 8.81. The van der Waals surface area contributed by atoms with Crippen LogP contribution in [0, 0.1) is 0 Å². The molecule has 6 saturated heterocycles. The van der Waals surface area contributed by atoms with E-state index in [1.165, 1.54) is 11.0 Å². The molecule has 0 aromatic rings. The molecule has 0 unspecified atom stereocenters. The van der Waals surface area contributed by atoms with Crippen LogP contribution >= 0.6 is 15.6 Å². The molecule has 11 heteroatoms. The number of phosphoric acid groups is 2. The number of hydrogen-bond donors (Lipinski definition) is 0. The van der Waals surface area contributed by atoms with E-state index in [0.717, 1.165) is 0 Å². The first-order valence-corrected chi connectivity index (χ1v) is 7.79. The summed E-state index contributed by atoms with van der Waals surface area (Å²) >= 11 is 0. The summed E-state index contributed by atoms with van der Waals surface area (Å²) < 4.78 is 52.7. The van der Waals surface area contributed by atoms with Gasteiger partial charge in [0, 0.05) is 6.54 Å². The van der Waals surface area contributed by atoms with Gasteiger partial charge in [0.2, 0.25) is 0 Å². The van der Waals surface area contributed by atoms with Gasteiger partial charge in [-0.3, -0.25) is 0 Å². The van der Waals surface area contributed by atoms with E-state index in [4.69, 9.17) is 27.1 Å². The first-order chi connectivity index (χ1) is 8.36. The molecule has 6 rings (SSSR count). The molecule has 0 amide bonds. The molecule has 9 nitrogen and oxygen atoms in total. The normalized spacial score (nSPS) is 55.3. The first-order valence-electron chi connectivity index (χ1n) is 4.87. The highest BCUT2D eigenvalue weighted by Gasteiger charge is 2.86. The molecule has 0 aromatic heterocycles. The van der Waals surface area contributed by atoms with Crippen molar-refractivity contribution in [1.29, 1.82) is 0 Å². The highest BCUT2D eigenvalue weighted by atomic mass is 31.2. The van der Waals surface area contributed by atoms with E-state index in [0.29, 0.717) is 0 Å². The fraction of sp³-hybridized carbons (Fsp3) is 0.429. The van der Waals surface area contributed by atoms with Crippen LogP contribution in [0.3, 0.4) is 0 Å². The Bertz CT molecular complexity index is 549. The quantitative estimate of drug-likeness (QED) is 0.566. The van der Waals surface area contributed by atoms with Crippen molar-refractivity contribution in [2.24, 2.45) is 0 Å². The van der Waals surface area contributed by atoms with Crippen molar-refractivity contribution < 1.29 is 36.3 Å². The van der Waals surface area contributed by atoms with Crippen LogP contribution in [0.15, 0.2) is 25.0 Å². The number of nitrogens with zero attached hydrogens (tertiary/aromatic N) is 1. The molecule has 0 spiro atoms. The van der Waals surface area contributed by atoms with Crippen LogP contribution in [0.4, 0.5) is 0 Å². The summed E-state index contributed by atoms with van der Waals surface area (Å²) in [5.74, 6) is -1.65. The summed E-state index contributed by atoms with van der Waals surface area (Å²) in [5, 5.41) is 0. The largest absolute Gasteiger partial charge is 0.538 e. The third-order valence-electron chi connectivity index (χ3n) is 2.72. The zero-order chi connectivity index (χ0) is 12.8. The predicted octanol–water partition coefficient (Wildman–Crippen LogP) is 1.62. The maximum Gasteiger partial charge on any atom is 0.538 e. The van der Waals surface area contributed by atoms with Crippen molar-refractivity contribution in [2.75, 3.05) is 6.54 Å². The van der Waals surface area contributed by atoms with Gasteiger partial charge in [0.1, 0.15) is 0 Å². The van der Waals surface area contributed by atoms with Crippen molar-refractivity contribution in [1.82, 2.24) is 4.90 Å². The Balaban J connectivity index is 1.69. The van der Waals surface area contributed by atoms with E-state index in [2.05, 4.69) is 13.2 Å². The monoisotopic (exact) mass is 295 g/mol. The lowest BCUT2D eigenvalue weighted by molar-refractivity contribution is -0.525. The second kappa shape index (κ2) is 2.82. The second-order valence-corrected chi connectivity index (χ2v) is 6.75. The molecular formula is C7H7NO8P2. The summed E-state index contributed by atoms with van der Waals surface area (Å²) in [5.41, 5.74) is 0. The van der Waals surface area contributed by atoms with Gasteiger partial charge in [-0.15, -0.1) is 6.58 Å². The highest BCUT2D eigenvalue weighted by Crippen LogP contribution is 2.84. The number of hydrogen-bond acceptors (Lipinski definition) is 9. The number of phosphoric ester groups is 2. The lowest BCUT2D eigenvalue weighted by Crippen LogP contribution is -2.74. The molecular weight excluding hydrogens is 288 g/mol. The smallest absolute Gasteiger partial charge is 0.401 e. The summed E-state index contributed by atoms with van der Waals surface area (Å²) in [6.45, 7) is 7.20. The lowest BCUT2D eigenvalue weighted by Gasteiger charge is -2.61. The highest BCUT2D eigenvalue weighted by molar-refractivity contribution is 7.51. The molecule has 0 atom stereocenters. The summed E-state index contributed by atoms with van der Waals surface area (Å²) in [6, 6.07) is 0. The van der Waals surface area contributed by atoms with Gasteiger partial charge in [0.15, 0.2) is 5.76 Å². The summed E-state index contributed by atoms with van der Waals surface area (Å²) in [7, 11) is -6.95. The SMILES string of the molecule is C=CCN(C12OP(=O)(O1)O2)C12OP(=O)(OC1=C)O2. The molecule has 6 aliphatic heterocycles. The van der Waals surface area contributed by atoms with Crippen molar-refractivity contribution in [3.8, 4) is 0 Å². The minimum Gasteiger partial charge on any atom is -0.401 e. The van der Waals surface area contributed by atoms with Crippen LogP contribution in [0.2, 0.25) is 0 Å². The topological polar surface area (TPSA) is 92.8 Å². The molecule has 4 bridgehead atoms. The fourth-order valence-electron chi connectivity index (χ4n) is 2.02. The molecule has 0 aliphatic carbocycles. The Kier molecular flexibility index (Phi) is 1.78. The van der Waals surface area contributed by atoms with Gasteiger partial charge >= 0.3 is 27.7 Å². The van der Waals surface area contributed by atoms with Crippen LogP contribution in [0.25, 0.3) is 0 Å². The van der Waals surface area contributed by atoms with Crippen LogP contribution in [0.5, 0.6) is 0 Å². The third-order valence-corrected chi connectivity index (χ3v) is 5.47. The van der Waals surface area contributed by atoms with E-state index in [-0.39, 0.29) is 12.3 Å². The van der Waals surface area contributed by atoms with E-state index < -0.39 is 27.7 Å². The Labute approximate surface area is 101 Å². The maximum absolute atomic E-state index is 11.6. The zero-order valence-corrected chi connectivity index (χ0v) is 10.6. The molecule has 6 fully saturated rings. The van der Waals surface area contributed by atoms with Gasteiger partial charge < -0.3 is 4.52 Å². The van der Waals surface area contributed by atoms with Crippen molar-refractivity contribution >= 4 is 15.6 Å². The van der Waals surface area contributed by atoms with Crippen molar-refractivity contribution in [3.05, 3.63) is 25.0 Å². The first kappa shape index (κ1) is 11.3. The van der Waals surface area contributed by atoms with E-state index in [1.54, 1.807) is 0 Å². The van der Waals surface area contributed by atoms with Crippen LogP contribution in [-0.4, -0.2) is 23.5 Å². The molecule has 0 aromatic carbocycles. The van der Waals surface area contributed by atoms with Crippen LogP contribution in [0.1, 0.15) is 0 Å². The molecule has 0 saturated carbocycles. The van der Waals surface area contributed by atoms with Crippen LogP contribution < -0.4 is 0 Å². The Morgan fingerprint density at radius 1 is 1.17 bits per heavy atom. The van der Waals surface area contributed by atoms with E-state index in [1.807, 2.05) is 0 Å². The number of fused-ring (bicyclic) bond motifs is 1. The third kappa shape index (κ3) is 1.06. The van der Waals surface area contributed by atoms with Crippen molar-refractivity contribution in [2.45, 2.75) is 12.0 Å². The summed E-state index contributed by atoms with van der Waals surface area (Å²) in [6.07, 6.45) is -0.214. The van der Waals surface area contributed by atoms with Crippen LogP contribution in [-0.2, 0) is 36.3 Å². The molecule has 0 radical (unpaired) electrons. The van der Waals surface area contributed by atoms with Gasteiger partial charge in [-0.1, -0.05) is 12.7 Å². The van der Waals surface area contributed by atoms with Gasteiger partial charge in [0.05, 0.1) is 0 Å². The van der Waals surface area contributed by atoms with E-state index in [9.17, 15) is 9.13 Å². The Morgan fingerprint density at radius 2 is 1.78 bits per heavy atom. The average molecular weight is 295 g/mol. The minimum atomic E-state index is -3.57. The van der Waals surface area contributed by atoms with Gasteiger partial charge in [-0.2, -0.15) is 4.90 Å². The van der Waals surface area contributed by atoms with Gasteiger partial charge in [-0.05, 0) is 0 Å². The molecule has 6 aliphatic rings.